The van der Waals surface area contributed by atoms with E-state index >= 15 is 0 Å². The number of nitrogens with zero attached hydrogens (tertiary/aromatic N) is 1. The molecule has 0 radical (unpaired) electrons. The van der Waals surface area contributed by atoms with Gasteiger partial charge in [0.2, 0.25) is 0 Å². The molecular weight excluding hydrogens is 612 g/mol. The summed E-state index contributed by atoms with van der Waals surface area (Å²) < 4.78 is 1.97. The van der Waals surface area contributed by atoms with Crippen LogP contribution in [0.25, 0.3) is 21.8 Å². The molecule has 1 amide bonds. The summed E-state index contributed by atoms with van der Waals surface area (Å²) in [5.74, 6) is 0.759. The fraction of sp³-hybridized carbons (Fsp3) is 0.308. The zero-order valence-electron chi connectivity index (χ0n) is 20.0. The van der Waals surface area contributed by atoms with Gasteiger partial charge in [0.25, 0.3) is 5.91 Å². The third-order valence-corrected chi connectivity index (χ3v) is 6.95. The summed E-state index contributed by atoms with van der Waals surface area (Å²) in [4.78, 5) is 30.6. The summed E-state index contributed by atoms with van der Waals surface area (Å²) in [6, 6.07) is 15.1. The molecule has 0 atom stereocenters. The number of H-pyrrole nitrogens is 2. The molecule has 2 aromatic heterocycles. The molecular formula is C26H29Br2ClN4O3. The zero-order chi connectivity index (χ0) is 25.1. The minimum absolute atomic E-state index is 0. The minimum Gasteiger partial charge on any atom is -0.477 e. The van der Waals surface area contributed by atoms with Crippen molar-refractivity contribution in [2.24, 2.45) is 11.8 Å². The van der Waals surface area contributed by atoms with Crippen LogP contribution in [0.4, 0.5) is 0 Å². The van der Waals surface area contributed by atoms with Crippen LogP contribution in [0.1, 0.15) is 34.8 Å². The maximum absolute atomic E-state index is 12.1. The summed E-state index contributed by atoms with van der Waals surface area (Å²) >= 11 is 6.75. The quantitative estimate of drug-likeness (QED) is 0.207. The first-order valence-corrected chi connectivity index (χ1v) is 13.1. The van der Waals surface area contributed by atoms with Crippen LogP contribution in [0.15, 0.2) is 57.5 Å². The minimum atomic E-state index is -0.938. The highest BCUT2D eigenvalue weighted by atomic mass is 79.9. The highest BCUT2D eigenvalue weighted by Crippen LogP contribution is 2.23. The molecule has 192 valence electrons. The zero-order valence-corrected chi connectivity index (χ0v) is 24.0. The lowest BCUT2D eigenvalue weighted by Gasteiger charge is -2.36. The van der Waals surface area contributed by atoms with Gasteiger partial charge in [0, 0.05) is 43.8 Å². The van der Waals surface area contributed by atoms with Crippen molar-refractivity contribution < 1.29 is 14.7 Å². The van der Waals surface area contributed by atoms with Crippen LogP contribution in [0, 0.1) is 11.8 Å². The highest BCUT2D eigenvalue weighted by Gasteiger charge is 2.28. The molecule has 0 spiro atoms. The molecule has 2 fully saturated rings. The summed E-state index contributed by atoms with van der Waals surface area (Å²) in [5, 5.41) is 13.8. The number of hydrogen-bond acceptors (Lipinski definition) is 3. The van der Waals surface area contributed by atoms with Gasteiger partial charge in [-0.3, -0.25) is 4.79 Å². The first-order chi connectivity index (χ1) is 16.7. The van der Waals surface area contributed by atoms with Gasteiger partial charge in [-0.05, 0) is 73.5 Å². The number of likely N-dealkylation sites (tertiary alicyclic amines) is 1. The smallest absolute Gasteiger partial charge is 0.352 e. The van der Waals surface area contributed by atoms with E-state index in [1.165, 1.54) is 13.1 Å². The van der Waals surface area contributed by atoms with Gasteiger partial charge in [0.15, 0.2) is 0 Å². The Hall–Kier alpha value is -2.33. The van der Waals surface area contributed by atoms with Crippen molar-refractivity contribution in [3.05, 3.63) is 68.9 Å². The van der Waals surface area contributed by atoms with Crippen molar-refractivity contribution in [2.45, 2.75) is 13.8 Å². The Balaban J connectivity index is 0.000000168. The van der Waals surface area contributed by atoms with E-state index in [0.717, 1.165) is 49.8 Å². The molecule has 2 aliphatic heterocycles. The lowest BCUT2D eigenvalue weighted by atomic mass is 10.0. The van der Waals surface area contributed by atoms with Gasteiger partial charge >= 0.3 is 5.97 Å². The number of benzene rings is 2. The third kappa shape index (κ3) is 6.91. The number of carbonyl (C=O) groups is 2. The molecule has 2 aliphatic rings. The van der Waals surface area contributed by atoms with Gasteiger partial charge in [-0.15, -0.1) is 12.4 Å². The van der Waals surface area contributed by atoms with E-state index < -0.39 is 5.97 Å². The van der Waals surface area contributed by atoms with Crippen molar-refractivity contribution >= 4 is 77.9 Å². The van der Waals surface area contributed by atoms with Crippen molar-refractivity contribution in [3.8, 4) is 0 Å². The van der Waals surface area contributed by atoms with Crippen molar-refractivity contribution in [1.29, 1.82) is 0 Å². The predicted molar refractivity (Wildman–Crippen MR) is 153 cm³/mol. The monoisotopic (exact) mass is 638 g/mol. The van der Waals surface area contributed by atoms with E-state index in [1.807, 2.05) is 47.4 Å². The molecule has 0 saturated carbocycles. The number of halogens is 3. The summed E-state index contributed by atoms with van der Waals surface area (Å²) in [7, 11) is 0. The van der Waals surface area contributed by atoms with E-state index in [1.54, 1.807) is 6.07 Å². The van der Waals surface area contributed by atoms with E-state index in [-0.39, 0.29) is 24.0 Å². The van der Waals surface area contributed by atoms with Gasteiger partial charge in [0.05, 0.1) is 0 Å². The second kappa shape index (κ2) is 12.3. The van der Waals surface area contributed by atoms with Crippen LogP contribution in [0.3, 0.4) is 0 Å². The molecule has 7 nitrogen and oxygen atoms in total. The van der Waals surface area contributed by atoms with Crippen molar-refractivity contribution in [2.75, 3.05) is 26.2 Å². The van der Waals surface area contributed by atoms with E-state index in [2.05, 4.69) is 61.0 Å². The molecule has 4 aromatic rings. The van der Waals surface area contributed by atoms with Crippen LogP contribution in [0.5, 0.6) is 0 Å². The van der Waals surface area contributed by atoms with Gasteiger partial charge in [-0.1, -0.05) is 45.7 Å². The number of hydrogen-bond donors (Lipinski definition) is 4. The lowest BCUT2D eigenvalue weighted by molar-refractivity contribution is 0.0525. The number of aromatic amines is 2. The van der Waals surface area contributed by atoms with Crippen LogP contribution in [0.2, 0.25) is 0 Å². The molecule has 4 N–H and O–H groups in total. The fourth-order valence-electron chi connectivity index (χ4n) is 3.91. The van der Waals surface area contributed by atoms with Gasteiger partial charge in [-0.2, -0.15) is 0 Å². The molecule has 4 heterocycles. The number of aromatic nitrogens is 2. The second-order valence-electron chi connectivity index (χ2n) is 9.21. The molecule has 0 aliphatic carbocycles. The normalized spacial score (nSPS) is 15.1. The first kappa shape index (κ1) is 28.2. The Bertz CT molecular complexity index is 1360. The van der Waals surface area contributed by atoms with E-state index in [0.29, 0.717) is 11.6 Å². The maximum atomic E-state index is 12.1. The molecule has 10 heteroatoms. The average molecular weight is 641 g/mol. The van der Waals surface area contributed by atoms with Crippen molar-refractivity contribution in [3.63, 3.8) is 0 Å². The van der Waals surface area contributed by atoms with E-state index in [4.69, 9.17) is 5.11 Å². The van der Waals surface area contributed by atoms with Gasteiger partial charge in [0.1, 0.15) is 11.4 Å². The average Bonchev–Trinajstić information content (AvgIpc) is 3.39. The Labute approximate surface area is 232 Å². The van der Waals surface area contributed by atoms with Crippen molar-refractivity contribution in [1.82, 2.24) is 20.2 Å². The number of carboxylic acids is 1. The largest absolute Gasteiger partial charge is 0.477 e. The number of rotatable bonds is 2. The number of nitrogens with one attached hydrogen (secondary N) is 3. The third-order valence-electron chi connectivity index (χ3n) is 5.96. The summed E-state index contributed by atoms with van der Waals surface area (Å²) in [5.41, 5.74) is 2.74. The second-order valence-corrected chi connectivity index (χ2v) is 11.0. The number of aromatic carboxylic acids is 1. The summed E-state index contributed by atoms with van der Waals surface area (Å²) in [6.45, 7) is 8.62. The standard InChI is InChI=1S/C13H13BrN2O.C9H6BrNO2.C4H9N.ClH/c1-8-6-16(7-8)13(17)12-5-9-4-10(14)2-3-11(9)15-12;10-6-1-2-7-5(3-6)4-8(11-7)9(12)13;1-4-2-5-3-4;/h2-5,8,15H,6-7H2,1H3;1-4,11H,(H,12,13);4-5H,2-3H2,1H3;1H. The Morgan fingerprint density at radius 2 is 1.31 bits per heavy atom. The Morgan fingerprint density at radius 1 is 0.833 bits per heavy atom. The molecule has 36 heavy (non-hydrogen) atoms. The fourth-order valence-corrected chi connectivity index (χ4v) is 4.66. The first-order valence-electron chi connectivity index (χ1n) is 11.5. The number of amides is 1. The predicted octanol–water partition coefficient (Wildman–Crippen LogP) is 6.30. The van der Waals surface area contributed by atoms with Crippen LogP contribution >= 0.6 is 44.3 Å². The molecule has 6 rings (SSSR count). The molecule has 0 unspecified atom stereocenters. The number of carbonyl (C=O) groups excluding carboxylic acids is 1. The van der Waals surface area contributed by atoms with Gasteiger partial charge < -0.3 is 25.3 Å². The molecule has 0 bridgehead atoms. The lowest BCUT2D eigenvalue weighted by Crippen LogP contribution is -2.48. The van der Waals surface area contributed by atoms with Crippen LogP contribution in [-0.2, 0) is 0 Å². The SMILES string of the molecule is CC1CN(C(=O)c2cc3cc(Br)ccc3[nH]2)C1.CC1CNC1.Cl.O=C(O)c1cc2cc(Br)ccc2[nH]1. The molecule has 2 saturated heterocycles. The van der Waals surface area contributed by atoms with Crippen LogP contribution < -0.4 is 5.32 Å². The maximum Gasteiger partial charge on any atom is 0.352 e. The number of fused-ring (bicyclic) bond motifs is 2. The Kier molecular flexibility index (Phi) is 9.63. The topological polar surface area (TPSA) is 101 Å². The summed E-state index contributed by atoms with van der Waals surface area (Å²) in [6.07, 6.45) is 0. The molecule has 2 aromatic carbocycles. The van der Waals surface area contributed by atoms with E-state index in [9.17, 15) is 9.59 Å². The van der Waals surface area contributed by atoms with Gasteiger partial charge in [-0.25, -0.2) is 4.79 Å². The van der Waals surface area contributed by atoms with Crippen LogP contribution in [-0.4, -0.2) is 58.0 Å². The Morgan fingerprint density at radius 3 is 1.72 bits per heavy atom. The highest BCUT2D eigenvalue weighted by molar-refractivity contribution is 9.10. The number of carboxylic acid groups (broad SMARTS) is 1.